The first-order valence-corrected chi connectivity index (χ1v) is 5.23. The average molecular weight is 196 g/mol. The topological polar surface area (TPSA) is 41.1 Å². The Kier molecular flexibility index (Phi) is 4.14. The number of amides is 1. The minimum absolute atomic E-state index is 0.153. The van der Waals surface area contributed by atoms with Crippen molar-refractivity contribution in [1.82, 2.24) is 10.6 Å². The number of allylic oxidation sites excluding steroid dienone is 1. The van der Waals surface area contributed by atoms with E-state index >= 15 is 0 Å². The van der Waals surface area contributed by atoms with Crippen LogP contribution < -0.4 is 10.6 Å². The molecule has 0 aliphatic carbocycles. The van der Waals surface area contributed by atoms with E-state index in [1.165, 1.54) is 5.57 Å². The van der Waals surface area contributed by atoms with Crippen LogP contribution in [-0.4, -0.2) is 25.5 Å². The monoisotopic (exact) mass is 196 g/mol. The molecule has 0 radical (unpaired) electrons. The number of rotatable bonds is 3. The molecule has 1 aliphatic heterocycles. The molecule has 1 fully saturated rings. The van der Waals surface area contributed by atoms with Gasteiger partial charge < -0.3 is 10.6 Å². The SMILES string of the molecule is CC(C)=CCNC(=O)[C@@H]1CNC[C@H]1C. The van der Waals surface area contributed by atoms with Gasteiger partial charge >= 0.3 is 0 Å². The molecule has 0 aromatic rings. The van der Waals surface area contributed by atoms with Crippen LogP contribution in [0, 0.1) is 11.8 Å². The van der Waals surface area contributed by atoms with Gasteiger partial charge in [0.1, 0.15) is 0 Å². The fourth-order valence-corrected chi connectivity index (χ4v) is 1.65. The first-order valence-electron chi connectivity index (χ1n) is 5.23. The van der Waals surface area contributed by atoms with Crippen molar-refractivity contribution in [1.29, 1.82) is 0 Å². The summed E-state index contributed by atoms with van der Waals surface area (Å²) in [5, 5.41) is 6.16. The Hall–Kier alpha value is -0.830. The summed E-state index contributed by atoms with van der Waals surface area (Å²) in [6.45, 7) is 8.62. The summed E-state index contributed by atoms with van der Waals surface area (Å²) in [7, 11) is 0. The zero-order valence-electron chi connectivity index (χ0n) is 9.26. The fraction of sp³-hybridized carbons (Fsp3) is 0.727. The normalized spacial score (nSPS) is 25.9. The Morgan fingerprint density at radius 2 is 2.21 bits per heavy atom. The lowest BCUT2D eigenvalue weighted by atomic mass is 9.97. The van der Waals surface area contributed by atoms with Gasteiger partial charge in [-0.1, -0.05) is 18.6 Å². The van der Waals surface area contributed by atoms with Crippen molar-refractivity contribution in [3.05, 3.63) is 11.6 Å². The predicted octanol–water partition coefficient (Wildman–Crippen LogP) is 0.924. The lowest BCUT2D eigenvalue weighted by Gasteiger charge is -2.13. The van der Waals surface area contributed by atoms with Gasteiger partial charge in [-0.3, -0.25) is 4.79 Å². The van der Waals surface area contributed by atoms with Crippen LogP contribution in [0.1, 0.15) is 20.8 Å². The summed E-state index contributed by atoms with van der Waals surface area (Å²) in [6, 6.07) is 0. The van der Waals surface area contributed by atoms with Crippen LogP contribution in [-0.2, 0) is 4.79 Å². The second-order valence-electron chi connectivity index (χ2n) is 4.27. The molecule has 0 aromatic heterocycles. The van der Waals surface area contributed by atoms with Crippen molar-refractivity contribution in [2.24, 2.45) is 11.8 Å². The minimum atomic E-state index is 0.153. The fourth-order valence-electron chi connectivity index (χ4n) is 1.65. The van der Waals surface area contributed by atoms with E-state index in [0.717, 1.165) is 13.1 Å². The van der Waals surface area contributed by atoms with Crippen LogP contribution in [0.15, 0.2) is 11.6 Å². The molecule has 2 atom stereocenters. The molecule has 2 N–H and O–H groups in total. The van der Waals surface area contributed by atoms with Gasteiger partial charge in [-0.25, -0.2) is 0 Å². The van der Waals surface area contributed by atoms with Crippen LogP contribution in [0.5, 0.6) is 0 Å². The Balaban J connectivity index is 2.31. The molecular formula is C11H20N2O. The molecule has 3 nitrogen and oxygen atoms in total. The highest BCUT2D eigenvalue weighted by atomic mass is 16.1. The van der Waals surface area contributed by atoms with Gasteiger partial charge in [-0.15, -0.1) is 0 Å². The smallest absolute Gasteiger partial charge is 0.224 e. The Bertz CT molecular complexity index is 231. The number of hydrogen-bond donors (Lipinski definition) is 2. The zero-order chi connectivity index (χ0) is 10.6. The number of hydrogen-bond acceptors (Lipinski definition) is 2. The highest BCUT2D eigenvalue weighted by Crippen LogP contribution is 2.15. The van der Waals surface area contributed by atoms with Gasteiger partial charge in [0.2, 0.25) is 5.91 Å². The molecule has 14 heavy (non-hydrogen) atoms. The standard InChI is InChI=1S/C11H20N2O/c1-8(2)4-5-13-11(14)10-7-12-6-9(10)3/h4,9-10,12H,5-7H2,1-3H3,(H,13,14)/t9-,10-/m1/s1. The molecule has 0 aromatic carbocycles. The quantitative estimate of drug-likeness (QED) is 0.659. The zero-order valence-corrected chi connectivity index (χ0v) is 9.26. The first-order chi connectivity index (χ1) is 6.61. The minimum Gasteiger partial charge on any atom is -0.352 e. The molecule has 3 heteroatoms. The van der Waals surface area contributed by atoms with E-state index in [1.54, 1.807) is 0 Å². The molecule has 1 saturated heterocycles. The van der Waals surface area contributed by atoms with Crippen LogP contribution in [0.2, 0.25) is 0 Å². The molecular weight excluding hydrogens is 176 g/mol. The van der Waals surface area contributed by atoms with E-state index < -0.39 is 0 Å². The van der Waals surface area contributed by atoms with Gasteiger partial charge in [-0.2, -0.15) is 0 Å². The van der Waals surface area contributed by atoms with Gasteiger partial charge in [0.15, 0.2) is 0 Å². The van der Waals surface area contributed by atoms with Crippen molar-refractivity contribution in [2.45, 2.75) is 20.8 Å². The molecule has 1 amide bonds. The van der Waals surface area contributed by atoms with E-state index in [9.17, 15) is 4.79 Å². The third-order valence-corrected chi connectivity index (χ3v) is 2.64. The van der Waals surface area contributed by atoms with Crippen LogP contribution in [0.3, 0.4) is 0 Å². The van der Waals surface area contributed by atoms with Gasteiger partial charge in [0.05, 0.1) is 5.92 Å². The maximum atomic E-state index is 11.7. The van der Waals surface area contributed by atoms with Crippen LogP contribution >= 0.6 is 0 Å². The Morgan fingerprint density at radius 3 is 2.71 bits per heavy atom. The summed E-state index contributed by atoms with van der Waals surface area (Å²) in [6.07, 6.45) is 2.03. The largest absolute Gasteiger partial charge is 0.352 e. The number of carbonyl (C=O) groups is 1. The molecule has 0 saturated carbocycles. The summed E-state index contributed by atoms with van der Waals surface area (Å²) >= 11 is 0. The second kappa shape index (κ2) is 5.15. The highest BCUT2D eigenvalue weighted by molar-refractivity contribution is 5.79. The first kappa shape index (κ1) is 11.2. The number of carbonyl (C=O) groups excluding carboxylic acids is 1. The van der Waals surface area contributed by atoms with Crippen molar-refractivity contribution >= 4 is 5.91 Å². The van der Waals surface area contributed by atoms with Gasteiger partial charge in [0.25, 0.3) is 0 Å². The summed E-state index contributed by atoms with van der Waals surface area (Å²) in [5.41, 5.74) is 1.24. The second-order valence-corrected chi connectivity index (χ2v) is 4.27. The lowest BCUT2D eigenvalue weighted by Crippen LogP contribution is -2.34. The Morgan fingerprint density at radius 1 is 1.50 bits per heavy atom. The molecule has 0 unspecified atom stereocenters. The van der Waals surface area contributed by atoms with E-state index in [2.05, 4.69) is 17.6 Å². The predicted molar refractivity (Wildman–Crippen MR) is 58.0 cm³/mol. The van der Waals surface area contributed by atoms with E-state index in [4.69, 9.17) is 0 Å². The molecule has 80 valence electrons. The average Bonchev–Trinajstić information content (AvgIpc) is 2.50. The van der Waals surface area contributed by atoms with E-state index in [-0.39, 0.29) is 11.8 Å². The van der Waals surface area contributed by atoms with Crippen molar-refractivity contribution in [3.63, 3.8) is 0 Å². The molecule has 0 bridgehead atoms. The maximum absolute atomic E-state index is 11.7. The highest BCUT2D eigenvalue weighted by Gasteiger charge is 2.28. The van der Waals surface area contributed by atoms with Crippen LogP contribution in [0.4, 0.5) is 0 Å². The molecule has 1 aliphatic rings. The van der Waals surface area contributed by atoms with Crippen molar-refractivity contribution < 1.29 is 4.79 Å². The van der Waals surface area contributed by atoms with Gasteiger partial charge in [0, 0.05) is 13.1 Å². The molecule has 1 heterocycles. The number of nitrogens with one attached hydrogen (secondary N) is 2. The van der Waals surface area contributed by atoms with E-state index in [0.29, 0.717) is 12.5 Å². The summed E-state index contributed by atoms with van der Waals surface area (Å²) < 4.78 is 0. The molecule has 0 spiro atoms. The Labute approximate surface area is 86.0 Å². The third-order valence-electron chi connectivity index (χ3n) is 2.64. The maximum Gasteiger partial charge on any atom is 0.224 e. The molecule has 1 rings (SSSR count). The van der Waals surface area contributed by atoms with Crippen LogP contribution in [0.25, 0.3) is 0 Å². The third kappa shape index (κ3) is 3.14. The van der Waals surface area contributed by atoms with Gasteiger partial charge in [-0.05, 0) is 26.3 Å². The van der Waals surface area contributed by atoms with E-state index in [1.807, 2.05) is 19.9 Å². The summed E-state index contributed by atoms with van der Waals surface area (Å²) in [4.78, 5) is 11.7. The summed E-state index contributed by atoms with van der Waals surface area (Å²) in [5.74, 6) is 0.794. The van der Waals surface area contributed by atoms with Crippen molar-refractivity contribution in [2.75, 3.05) is 19.6 Å². The lowest BCUT2D eigenvalue weighted by molar-refractivity contribution is -0.125. The van der Waals surface area contributed by atoms with Crippen molar-refractivity contribution in [3.8, 4) is 0 Å².